The van der Waals surface area contributed by atoms with E-state index in [1.807, 2.05) is 13.8 Å². The minimum Gasteiger partial charge on any atom is -0.497 e. The molecule has 0 amide bonds. The number of benzene rings is 1. The van der Waals surface area contributed by atoms with Crippen LogP contribution in [0.15, 0.2) is 29.2 Å². The predicted octanol–water partition coefficient (Wildman–Crippen LogP) is 1.51. The number of nitrogens with zero attached hydrogens (tertiary/aromatic N) is 1. The topological polar surface area (TPSA) is 84.1 Å². The van der Waals surface area contributed by atoms with Crippen LogP contribution in [0, 0.1) is 13.8 Å². The fraction of sp³-hybridized carbons (Fsp3) is 0.308. The molecule has 20 heavy (non-hydrogen) atoms. The molecule has 0 saturated carbocycles. The SMILES string of the molecule is COc1ccc(S(=O)(=O)NCc2c(C)n[nH]c2C)cc1. The van der Waals surface area contributed by atoms with E-state index < -0.39 is 10.0 Å². The van der Waals surface area contributed by atoms with Gasteiger partial charge in [-0.1, -0.05) is 0 Å². The van der Waals surface area contributed by atoms with Crippen LogP contribution in [-0.4, -0.2) is 25.7 Å². The predicted molar refractivity (Wildman–Crippen MR) is 75.1 cm³/mol. The van der Waals surface area contributed by atoms with E-state index in [1.54, 1.807) is 12.1 Å². The van der Waals surface area contributed by atoms with Crippen molar-refractivity contribution in [2.24, 2.45) is 0 Å². The number of aryl methyl sites for hydroxylation is 2. The molecule has 0 aliphatic heterocycles. The van der Waals surface area contributed by atoms with Crippen molar-refractivity contribution in [1.29, 1.82) is 0 Å². The summed E-state index contributed by atoms with van der Waals surface area (Å²) in [5, 5.41) is 6.86. The second-order valence-electron chi connectivity index (χ2n) is 4.41. The van der Waals surface area contributed by atoms with Crippen molar-refractivity contribution in [1.82, 2.24) is 14.9 Å². The molecule has 0 radical (unpaired) electrons. The highest BCUT2D eigenvalue weighted by molar-refractivity contribution is 7.89. The number of aromatic amines is 1. The van der Waals surface area contributed by atoms with Crippen LogP contribution >= 0.6 is 0 Å². The Balaban J connectivity index is 2.15. The normalized spacial score (nSPS) is 11.6. The molecule has 0 fully saturated rings. The van der Waals surface area contributed by atoms with Gasteiger partial charge < -0.3 is 4.74 Å². The van der Waals surface area contributed by atoms with Crippen molar-refractivity contribution in [2.75, 3.05) is 7.11 Å². The molecular weight excluding hydrogens is 278 g/mol. The molecule has 1 aromatic carbocycles. The molecule has 2 N–H and O–H groups in total. The zero-order valence-electron chi connectivity index (χ0n) is 11.6. The highest BCUT2D eigenvalue weighted by atomic mass is 32.2. The summed E-state index contributed by atoms with van der Waals surface area (Å²) >= 11 is 0. The third-order valence-corrected chi connectivity index (χ3v) is 4.51. The van der Waals surface area contributed by atoms with E-state index in [9.17, 15) is 8.42 Å². The Hall–Kier alpha value is -1.86. The minimum atomic E-state index is -3.54. The van der Waals surface area contributed by atoms with Gasteiger partial charge in [0, 0.05) is 17.8 Å². The van der Waals surface area contributed by atoms with Gasteiger partial charge in [-0.3, -0.25) is 5.10 Å². The van der Waals surface area contributed by atoms with Gasteiger partial charge in [0.2, 0.25) is 10.0 Å². The monoisotopic (exact) mass is 295 g/mol. The molecule has 2 rings (SSSR count). The van der Waals surface area contributed by atoms with Crippen molar-refractivity contribution >= 4 is 10.0 Å². The molecule has 0 aliphatic rings. The Kier molecular flexibility index (Phi) is 4.10. The molecule has 7 heteroatoms. The maximum Gasteiger partial charge on any atom is 0.240 e. The van der Waals surface area contributed by atoms with E-state index in [0.717, 1.165) is 17.0 Å². The lowest BCUT2D eigenvalue weighted by Crippen LogP contribution is -2.23. The van der Waals surface area contributed by atoms with Crippen molar-refractivity contribution in [3.05, 3.63) is 41.2 Å². The third kappa shape index (κ3) is 3.00. The van der Waals surface area contributed by atoms with E-state index >= 15 is 0 Å². The van der Waals surface area contributed by atoms with E-state index in [0.29, 0.717) is 5.75 Å². The van der Waals surface area contributed by atoms with E-state index in [2.05, 4.69) is 14.9 Å². The zero-order chi connectivity index (χ0) is 14.8. The second-order valence-corrected chi connectivity index (χ2v) is 6.18. The van der Waals surface area contributed by atoms with Crippen molar-refractivity contribution < 1.29 is 13.2 Å². The molecule has 1 heterocycles. The van der Waals surface area contributed by atoms with Crippen LogP contribution in [0.1, 0.15) is 17.0 Å². The molecule has 0 bridgehead atoms. The van der Waals surface area contributed by atoms with Gasteiger partial charge in [-0.25, -0.2) is 13.1 Å². The van der Waals surface area contributed by atoms with Crippen LogP contribution in [0.5, 0.6) is 5.75 Å². The fourth-order valence-corrected chi connectivity index (χ4v) is 2.84. The van der Waals surface area contributed by atoms with E-state index in [-0.39, 0.29) is 11.4 Å². The van der Waals surface area contributed by atoms with E-state index in [1.165, 1.54) is 19.2 Å². The lowest BCUT2D eigenvalue weighted by molar-refractivity contribution is 0.414. The summed E-state index contributed by atoms with van der Waals surface area (Å²) in [6, 6.07) is 6.25. The average molecular weight is 295 g/mol. The highest BCUT2D eigenvalue weighted by Gasteiger charge is 2.15. The summed E-state index contributed by atoms with van der Waals surface area (Å²) in [4.78, 5) is 0.206. The van der Waals surface area contributed by atoms with Gasteiger partial charge in [-0.2, -0.15) is 5.10 Å². The molecule has 0 aliphatic carbocycles. The average Bonchev–Trinajstić information content (AvgIpc) is 2.76. The van der Waals surface area contributed by atoms with Gasteiger partial charge in [-0.05, 0) is 38.1 Å². The fourth-order valence-electron chi connectivity index (χ4n) is 1.84. The van der Waals surface area contributed by atoms with Crippen LogP contribution in [0.3, 0.4) is 0 Å². The number of ether oxygens (including phenoxy) is 1. The number of hydrogen-bond donors (Lipinski definition) is 2. The largest absolute Gasteiger partial charge is 0.497 e. The van der Waals surface area contributed by atoms with Gasteiger partial charge in [0.1, 0.15) is 5.75 Å². The van der Waals surface area contributed by atoms with Gasteiger partial charge in [-0.15, -0.1) is 0 Å². The number of methoxy groups -OCH3 is 1. The first kappa shape index (κ1) is 14.5. The van der Waals surface area contributed by atoms with Crippen LogP contribution in [0.2, 0.25) is 0 Å². The van der Waals surface area contributed by atoms with Gasteiger partial charge in [0.05, 0.1) is 17.7 Å². The van der Waals surface area contributed by atoms with Gasteiger partial charge >= 0.3 is 0 Å². The van der Waals surface area contributed by atoms with Crippen molar-refractivity contribution in [3.63, 3.8) is 0 Å². The summed E-state index contributed by atoms with van der Waals surface area (Å²) < 4.78 is 31.9. The second kappa shape index (κ2) is 5.64. The van der Waals surface area contributed by atoms with Crippen LogP contribution in [0.4, 0.5) is 0 Å². The first-order valence-electron chi connectivity index (χ1n) is 6.08. The zero-order valence-corrected chi connectivity index (χ0v) is 12.4. The summed E-state index contributed by atoms with van der Waals surface area (Å²) in [6.45, 7) is 3.90. The molecule has 0 atom stereocenters. The molecule has 0 spiro atoms. The van der Waals surface area contributed by atoms with Crippen molar-refractivity contribution in [2.45, 2.75) is 25.3 Å². The van der Waals surface area contributed by atoms with Crippen LogP contribution in [0.25, 0.3) is 0 Å². The highest BCUT2D eigenvalue weighted by Crippen LogP contribution is 2.16. The smallest absolute Gasteiger partial charge is 0.240 e. The maximum absolute atomic E-state index is 12.2. The summed E-state index contributed by atoms with van der Waals surface area (Å²) in [5.74, 6) is 0.616. The number of nitrogens with one attached hydrogen (secondary N) is 2. The van der Waals surface area contributed by atoms with Gasteiger partial charge in [0.25, 0.3) is 0 Å². The van der Waals surface area contributed by atoms with E-state index in [4.69, 9.17) is 4.74 Å². The quantitative estimate of drug-likeness (QED) is 0.876. The lowest BCUT2D eigenvalue weighted by atomic mass is 10.2. The number of H-pyrrole nitrogens is 1. The first-order valence-corrected chi connectivity index (χ1v) is 7.56. The van der Waals surface area contributed by atoms with Gasteiger partial charge in [0.15, 0.2) is 0 Å². The molecule has 6 nitrogen and oxygen atoms in total. The minimum absolute atomic E-state index is 0.206. The molecule has 0 unspecified atom stereocenters. The van der Waals surface area contributed by atoms with Crippen LogP contribution in [-0.2, 0) is 16.6 Å². The Morgan fingerprint density at radius 2 is 1.90 bits per heavy atom. The number of rotatable bonds is 5. The first-order chi connectivity index (χ1) is 9.44. The maximum atomic E-state index is 12.2. The Bertz CT molecular complexity index is 671. The summed E-state index contributed by atoms with van der Waals surface area (Å²) in [6.07, 6.45) is 0. The molecule has 1 aromatic heterocycles. The molecule has 2 aromatic rings. The lowest BCUT2D eigenvalue weighted by Gasteiger charge is -2.07. The molecule has 108 valence electrons. The standard InChI is InChI=1S/C13H17N3O3S/c1-9-13(10(2)16-15-9)8-14-20(17,18)12-6-4-11(19-3)5-7-12/h4-7,14H,8H2,1-3H3,(H,15,16). The number of sulfonamides is 1. The molecule has 0 saturated heterocycles. The number of aromatic nitrogens is 2. The summed E-state index contributed by atoms with van der Waals surface area (Å²) in [7, 11) is -2.01. The van der Waals surface area contributed by atoms with Crippen molar-refractivity contribution in [3.8, 4) is 5.75 Å². The molecular formula is C13H17N3O3S. The Morgan fingerprint density at radius 3 is 2.40 bits per heavy atom. The Labute approximate surface area is 118 Å². The van der Waals surface area contributed by atoms with Crippen LogP contribution < -0.4 is 9.46 Å². The third-order valence-electron chi connectivity index (χ3n) is 3.09. The Morgan fingerprint density at radius 1 is 1.25 bits per heavy atom. The number of hydrogen-bond acceptors (Lipinski definition) is 4. The summed E-state index contributed by atoms with van der Waals surface area (Å²) in [5.41, 5.74) is 2.52.